The summed E-state index contributed by atoms with van der Waals surface area (Å²) in [6.45, 7) is 1.67. The molecule has 7 heteroatoms. The highest BCUT2D eigenvalue weighted by Crippen LogP contribution is 2.34. The van der Waals surface area contributed by atoms with Crippen LogP contribution in [0.4, 0.5) is 5.69 Å². The number of carbonyl (C=O) groups excluding carboxylic acids is 2. The van der Waals surface area contributed by atoms with Gasteiger partial charge in [0, 0.05) is 17.4 Å². The van der Waals surface area contributed by atoms with Crippen LogP contribution in [0.1, 0.15) is 18.5 Å². The van der Waals surface area contributed by atoms with Crippen molar-refractivity contribution in [1.82, 2.24) is 10.3 Å². The maximum Gasteiger partial charge on any atom is 0.265 e. The fourth-order valence-corrected chi connectivity index (χ4v) is 2.66. The average molecular weight is 346 g/mol. The maximum atomic E-state index is 12.3. The number of hydrogen-bond acceptors (Lipinski definition) is 4. The molecule has 1 aliphatic heterocycles. The van der Waals surface area contributed by atoms with E-state index in [0.717, 1.165) is 5.56 Å². The molecule has 0 saturated heterocycles. The topological polar surface area (TPSA) is 71.5 Å². The number of rotatable bonds is 4. The van der Waals surface area contributed by atoms with E-state index in [1.165, 1.54) is 4.90 Å². The van der Waals surface area contributed by atoms with Crippen molar-refractivity contribution >= 4 is 29.1 Å². The quantitative estimate of drug-likeness (QED) is 0.923. The van der Waals surface area contributed by atoms with Crippen LogP contribution in [0.2, 0.25) is 5.02 Å². The number of nitrogens with one attached hydrogen (secondary N) is 1. The number of anilines is 1. The molecule has 3 rings (SSSR count). The molecule has 1 N–H and O–H groups in total. The van der Waals surface area contributed by atoms with Crippen molar-refractivity contribution in [3.05, 3.63) is 53.3 Å². The van der Waals surface area contributed by atoms with E-state index in [9.17, 15) is 9.59 Å². The van der Waals surface area contributed by atoms with E-state index in [1.807, 2.05) is 19.1 Å². The van der Waals surface area contributed by atoms with Gasteiger partial charge in [-0.1, -0.05) is 17.7 Å². The molecule has 0 bridgehead atoms. The van der Waals surface area contributed by atoms with Gasteiger partial charge in [-0.05, 0) is 36.8 Å². The highest BCUT2D eigenvalue weighted by atomic mass is 35.5. The zero-order valence-electron chi connectivity index (χ0n) is 13.0. The molecule has 1 unspecified atom stereocenters. The molecule has 24 heavy (non-hydrogen) atoms. The summed E-state index contributed by atoms with van der Waals surface area (Å²) in [5, 5.41) is 3.34. The molecule has 0 fully saturated rings. The number of fused-ring (bicyclic) bond motifs is 1. The van der Waals surface area contributed by atoms with Crippen molar-refractivity contribution < 1.29 is 14.3 Å². The van der Waals surface area contributed by atoms with Crippen LogP contribution in [0, 0.1) is 0 Å². The normalized spacial score (nSPS) is 14.6. The van der Waals surface area contributed by atoms with Crippen molar-refractivity contribution in [3.8, 4) is 5.75 Å². The van der Waals surface area contributed by atoms with Gasteiger partial charge < -0.3 is 10.1 Å². The highest BCUT2D eigenvalue weighted by molar-refractivity contribution is 6.31. The first-order chi connectivity index (χ1) is 11.5. The lowest BCUT2D eigenvalue weighted by molar-refractivity contribution is -0.125. The molecule has 2 aromatic rings. The van der Waals surface area contributed by atoms with Crippen molar-refractivity contribution in [3.63, 3.8) is 0 Å². The van der Waals surface area contributed by atoms with Gasteiger partial charge in [0.15, 0.2) is 6.61 Å². The predicted molar refractivity (Wildman–Crippen MR) is 90.1 cm³/mol. The molecule has 124 valence electrons. The average Bonchev–Trinajstić information content (AvgIpc) is 2.58. The minimum atomic E-state index is -0.283. The van der Waals surface area contributed by atoms with Crippen molar-refractivity contribution in [2.24, 2.45) is 0 Å². The van der Waals surface area contributed by atoms with Crippen LogP contribution in [-0.2, 0) is 9.59 Å². The smallest absolute Gasteiger partial charge is 0.265 e. The molecule has 6 nitrogen and oxygen atoms in total. The van der Waals surface area contributed by atoms with Crippen LogP contribution in [0.5, 0.6) is 5.75 Å². The number of ether oxygens (including phenoxy) is 1. The zero-order valence-corrected chi connectivity index (χ0v) is 13.8. The van der Waals surface area contributed by atoms with Crippen LogP contribution in [0.25, 0.3) is 0 Å². The van der Waals surface area contributed by atoms with Gasteiger partial charge in [0.1, 0.15) is 12.3 Å². The maximum absolute atomic E-state index is 12.3. The molecular weight excluding hydrogens is 330 g/mol. The minimum absolute atomic E-state index is 0.0971. The van der Waals surface area contributed by atoms with Gasteiger partial charge in [0.05, 0.1) is 11.7 Å². The number of amides is 2. The molecule has 0 radical (unpaired) electrons. The van der Waals surface area contributed by atoms with Gasteiger partial charge in [0.25, 0.3) is 5.91 Å². The van der Waals surface area contributed by atoms with Gasteiger partial charge >= 0.3 is 0 Å². The van der Waals surface area contributed by atoms with Crippen molar-refractivity contribution in [2.75, 3.05) is 18.1 Å². The van der Waals surface area contributed by atoms with Crippen LogP contribution in [0.3, 0.4) is 0 Å². The van der Waals surface area contributed by atoms with E-state index in [1.54, 1.807) is 30.6 Å². The third-order valence-corrected chi connectivity index (χ3v) is 3.96. The molecule has 0 spiro atoms. The number of nitrogens with zero attached hydrogens (tertiary/aromatic N) is 2. The van der Waals surface area contributed by atoms with Gasteiger partial charge in [-0.3, -0.25) is 19.5 Å². The first kappa shape index (κ1) is 16.3. The van der Waals surface area contributed by atoms with E-state index in [2.05, 4.69) is 10.3 Å². The molecular formula is C17H16ClN3O3. The first-order valence-corrected chi connectivity index (χ1v) is 7.84. The molecule has 1 aromatic heterocycles. The number of aromatic nitrogens is 1. The molecule has 0 aliphatic carbocycles. The molecule has 1 atom stereocenters. The summed E-state index contributed by atoms with van der Waals surface area (Å²) in [5.74, 6) is -0.0198. The van der Waals surface area contributed by atoms with Crippen molar-refractivity contribution in [2.45, 2.75) is 13.0 Å². The van der Waals surface area contributed by atoms with E-state index >= 15 is 0 Å². The summed E-state index contributed by atoms with van der Waals surface area (Å²) in [6.07, 6.45) is 3.37. The Balaban J connectivity index is 1.72. The summed E-state index contributed by atoms with van der Waals surface area (Å²) in [7, 11) is 0. The number of halogens is 1. The largest absolute Gasteiger partial charge is 0.482 e. The SMILES string of the molecule is CC(NC(=O)CN1C(=O)COc2ccc(Cl)cc21)c1cccnc1. The molecule has 1 aromatic carbocycles. The number of hydrogen-bond donors (Lipinski definition) is 1. The Morgan fingerprint density at radius 3 is 3.04 bits per heavy atom. The molecule has 1 aliphatic rings. The lowest BCUT2D eigenvalue weighted by Gasteiger charge is -2.29. The Hall–Kier alpha value is -2.60. The number of carbonyl (C=O) groups is 2. The second kappa shape index (κ2) is 6.88. The van der Waals surface area contributed by atoms with Crippen LogP contribution >= 0.6 is 11.6 Å². The zero-order chi connectivity index (χ0) is 17.1. The molecule has 2 amide bonds. The second-order valence-corrected chi connectivity index (χ2v) is 5.89. The lowest BCUT2D eigenvalue weighted by atomic mass is 10.1. The monoisotopic (exact) mass is 345 g/mol. The van der Waals surface area contributed by atoms with Gasteiger partial charge in [0.2, 0.25) is 5.91 Å². The van der Waals surface area contributed by atoms with Crippen LogP contribution in [-0.4, -0.2) is 29.9 Å². The molecule has 2 heterocycles. The number of benzene rings is 1. The summed E-state index contributed by atoms with van der Waals surface area (Å²) in [4.78, 5) is 29.9. The van der Waals surface area contributed by atoms with E-state index < -0.39 is 0 Å². The minimum Gasteiger partial charge on any atom is -0.482 e. The van der Waals surface area contributed by atoms with Gasteiger partial charge in [-0.2, -0.15) is 0 Å². The third-order valence-electron chi connectivity index (χ3n) is 3.73. The Morgan fingerprint density at radius 2 is 2.29 bits per heavy atom. The standard InChI is InChI=1S/C17H16ClN3O3/c1-11(12-3-2-6-19-8-12)20-16(22)9-21-14-7-13(18)4-5-15(14)24-10-17(21)23/h2-8,11H,9-10H2,1H3,(H,20,22). The number of pyridine rings is 1. The summed E-state index contributed by atoms with van der Waals surface area (Å²) >= 11 is 5.99. The predicted octanol–water partition coefficient (Wildman–Crippen LogP) is 2.34. The third kappa shape index (κ3) is 3.49. The van der Waals surface area contributed by atoms with E-state index in [0.29, 0.717) is 16.5 Å². The van der Waals surface area contributed by atoms with Gasteiger partial charge in [-0.15, -0.1) is 0 Å². The lowest BCUT2D eigenvalue weighted by Crippen LogP contribution is -2.45. The summed E-state index contributed by atoms with van der Waals surface area (Å²) in [6, 6.07) is 8.47. The van der Waals surface area contributed by atoms with Gasteiger partial charge in [-0.25, -0.2) is 0 Å². The van der Waals surface area contributed by atoms with Crippen molar-refractivity contribution in [1.29, 1.82) is 0 Å². The highest BCUT2D eigenvalue weighted by Gasteiger charge is 2.28. The summed E-state index contributed by atoms with van der Waals surface area (Å²) in [5.41, 5.74) is 1.39. The Bertz CT molecular complexity index is 767. The second-order valence-electron chi connectivity index (χ2n) is 5.46. The van der Waals surface area contributed by atoms with Crippen LogP contribution < -0.4 is 15.0 Å². The fourth-order valence-electron chi connectivity index (χ4n) is 2.49. The Morgan fingerprint density at radius 1 is 1.46 bits per heavy atom. The first-order valence-electron chi connectivity index (χ1n) is 7.46. The summed E-state index contributed by atoms with van der Waals surface area (Å²) < 4.78 is 5.36. The Labute approximate surface area is 144 Å². The van der Waals surface area contributed by atoms with E-state index in [-0.39, 0.29) is 31.0 Å². The molecule has 0 saturated carbocycles. The van der Waals surface area contributed by atoms with E-state index in [4.69, 9.17) is 16.3 Å². The van der Waals surface area contributed by atoms with Crippen LogP contribution in [0.15, 0.2) is 42.7 Å². The fraction of sp³-hybridized carbons (Fsp3) is 0.235. The Kier molecular flexibility index (Phi) is 4.66.